The lowest BCUT2D eigenvalue weighted by Crippen LogP contribution is -2.32. The Morgan fingerprint density at radius 1 is 1.00 bits per heavy atom. The fraction of sp³-hybridized carbons (Fsp3) is 0.387. The SMILES string of the molecule is O=C(CCCOc1ccc2c(c1)C1(CC2)CCC(C(=O)O)CC1)NCc1cccc(-c2ccncc2)c1. The summed E-state index contributed by atoms with van der Waals surface area (Å²) >= 11 is 0. The number of carbonyl (C=O) groups is 2. The maximum atomic E-state index is 12.4. The number of hydrogen-bond acceptors (Lipinski definition) is 4. The maximum Gasteiger partial charge on any atom is 0.306 e. The van der Waals surface area contributed by atoms with Crippen molar-refractivity contribution in [3.8, 4) is 16.9 Å². The van der Waals surface area contributed by atoms with Gasteiger partial charge in [-0.25, -0.2) is 0 Å². The fourth-order valence-corrected chi connectivity index (χ4v) is 5.92. The topological polar surface area (TPSA) is 88.5 Å². The number of nitrogens with one attached hydrogen (secondary N) is 1. The smallest absolute Gasteiger partial charge is 0.306 e. The van der Waals surface area contributed by atoms with E-state index in [1.165, 1.54) is 11.1 Å². The van der Waals surface area contributed by atoms with Gasteiger partial charge < -0.3 is 15.2 Å². The van der Waals surface area contributed by atoms with Gasteiger partial charge in [0, 0.05) is 25.4 Å². The number of benzene rings is 2. The quantitative estimate of drug-likeness (QED) is 0.371. The Hall–Kier alpha value is -3.67. The van der Waals surface area contributed by atoms with Crippen molar-refractivity contribution in [2.24, 2.45) is 5.92 Å². The number of rotatable bonds is 9. The van der Waals surface area contributed by atoms with Gasteiger partial charge in [-0.05, 0) is 109 Å². The van der Waals surface area contributed by atoms with Gasteiger partial charge >= 0.3 is 5.97 Å². The van der Waals surface area contributed by atoms with Crippen molar-refractivity contribution in [2.75, 3.05) is 6.61 Å². The molecule has 2 N–H and O–H groups in total. The molecule has 0 radical (unpaired) electrons. The number of aromatic nitrogens is 1. The minimum Gasteiger partial charge on any atom is -0.494 e. The summed E-state index contributed by atoms with van der Waals surface area (Å²) in [6.45, 7) is 0.978. The molecule has 0 bridgehead atoms. The molecule has 1 amide bonds. The predicted molar refractivity (Wildman–Crippen MR) is 142 cm³/mol. The van der Waals surface area contributed by atoms with Gasteiger partial charge in [-0.15, -0.1) is 0 Å². The van der Waals surface area contributed by atoms with Crippen LogP contribution >= 0.6 is 0 Å². The molecule has 1 fully saturated rings. The van der Waals surface area contributed by atoms with E-state index in [2.05, 4.69) is 34.6 Å². The molecule has 0 aliphatic heterocycles. The number of nitrogens with zero attached hydrogens (tertiary/aromatic N) is 1. The summed E-state index contributed by atoms with van der Waals surface area (Å²) in [6, 6.07) is 18.5. The number of carboxylic acids is 1. The largest absolute Gasteiger partial charge is 0.494 e. The van der Waals surface area contributed by atoms with E-state index in [1.807, 2.05) is 30.3 Å². The van der Waals surface area contributed by atoms with E-state index >= 15 is 0 Å². The van der Waals surface area contributed by atoms with Crippen LogP contribution in [-0.2, 0) is 28.0 Å². The molecule has 1 spiro atoms. The Bertz CT molecular complexity index is 1250. The van der Waals surface area contributed by atoms with E-state index in [9.17, 15) is 14.7 Å². The Kier molecular flexibility index (Phi) is 7.54. The molecule has 1 aromatic heterocycles. The third kappa shape index (κ3) is 5.85. The third-order valence-electron chi connectivity index (χ3n) is 8.06. The molecule has 1 heterocycles. The van der Waals surface area contributed by atoms with Gasteiger partial charge in [0.1, 0.15) is 5.75 Å². The number of carboxylic acid groups (broad SMARTS) is 1. The summed E-state index contributed by atoms with van der Waals surface area (Å²) in [5.41, 5.74) is 6.09. The number of aryl methyl sites for hydroxylation is 1. The molecular formula is C31H34N2O4. The van der Waals surface area contributed by atoms with Crippen molar-refractivity contribution in [3.05, 3.63) is 83.7 Å². The van der Waals surface area contributed by atoms with Crippen LogP contribution in [0.25, 0.3) is 11.1 Å². The van der Waals surface area contributed by atoms with E-state index in [0.29, 0.717) is 26.0 Å². The summed E-state index contributed by atoms with van der Waals surface area (Å²) in [5.74, 6) is -0.00648. The highest BCUT2D eigenvalue weighted by molar-refractivity contribution is 5.76. The van der Waals surface area contributed by atoms with Crippen LogP contribution in [-0.4, -0.2) is 28.6 Å². The van der Waals surface area contributed by atoms with E-state index < -0.39 is 5.97 Å². The van der Waals surface area contributed by atoms with Gasteiger partial charge in [0.25, 0.3) is 0 Å². The minimum atomic E-state index is -0.660. The molecule has 6 nitrogen and oxygen atoms in total. The van der Waals surface area contributed by atoms with E-state index in [-0.39, 0.29) is 17.2 Å². The molecule has 2 aromatic carbocycles. The number of ether oxygens (including phenoxy) is 1. The molecule has 6 heteroatoms. The minimum absolute atomic E-state index is 0.0148. The Labute approximate surface area is 218 Å². The number of hydrogen-bond donors (Lipinski definition) is 2. The Morgan fingerprint density at radius 3 is 2.59 bits per heavy atom. The molecule has 192 valence electrons. The Balaban J connectivity index is 1.08. The second-order valence-electron chi connectivity index (χ2n) is 10.4. The first-order valence-electron chi connectivity index (χ1n) is 13.3. The molecule has 0 saturated heterocycles. The number of fused-ring (bicyclic) bond motifs is 2. The highest BCUT2D eigenvalue weighted by Crippen LogP contribution is 2.50. The van der Waals surface area contributed by atoms with Crippen LogP contribution in [0.1, 0.15) is 61.6 Å². The first kappa shape index (κ1) is 25.0. The standard InChI is InChI=1S/C31H34N2O4/c34-29(33-21-22-3-1-4-26(19-22)23-11-16-32-17-12-23)5-2-18-37-27-7-6-24-8-13-31(28(24)20-27)14-9-25(10-15-31)30(35)36/h1,3-4,6-7,11-12,16-17,19-20,25H,2,5,8-10,13-15,18,21H2,(H,33,34)(H,35,36). The van der Waals surface area contributed by atoms with Gasteiger partial charge in [0.2, 0.25) is 5.91 Å². The van der Waals surface area contributed by atoms with E-state index in [1.54, 1.807) is 12.4 Å². The average molecular weight is 499 g/mol. The molecule has 2 aliphatic carbocycles. The van der Waals surface area contributed by atoms with Crippen molar-refractivity contribution in [1.29, 1.82) is 0 Å². The highest BCUT2D eigenvalue weighted by atomic mass is 16.5. The van der Waals surface area contributed by atoms with Crippen molar-refractivity contribution in [2.45, 2.75) is 63.3 Å². The molecule has 5 rings (SSSR count). The van der Waals surface area contributed by atoms with Crippen molar-refractivity contribution in [1.82, 2.24) is 10.3 Å². The highest BCUT2D eigenvalue weighted by Gasteiger charge is 2.43. The summed E-state index contributed by atoms with van der Waals surface area (Å²) in [5, 5.41) is 12.4. The Morgan fingerprint density at radius 2 is 1.81 bits per heavy atom. The molecule has 3 aromatic rings. The lowest BCUT2D eigenvalue weighted by atomic mass is 9.67. The summed E-state index contributed by atoms with van der Waals surface area (Å²) in [6.07, 6.45) is 10.1. The second kappa shape index (κ2) is 11.2. The summed E-state index contributed by atoms with van der Waals surface area (Å²) in [7, 11) is 0. The summed E-state index contributed by atoms with van der Waals surface area (Å²) < 4.78 is 6.02. The third-order valence-corrected chi connectivity index (χ3v) is 8.06. The van der Waals surface area contributed by atoms with E-state index in [0.717, 1.165) is 61.0 Å². The van der Waals surface area contributed by atoms with Crippen LogP contribution in [0.3, 0.4) is 0 Å². The molecule has 0 unspecified atom stereocenters. The van der Waals surface area contributed by atoms with Crippen LogP contribution in [0, 0.1) is 5.92 Å². The zero-order chi connectivity index (χ0) is 25.7. The van der Waals surface area contributed by atoms with Gasteiger partial charge in [-0.1, -0.05) is 24.3 Å². The summed E-state index contributed by atoms with van der Waals surface area (Å²) in [4.78, 5) is 27.8. The number of pyridine rings is 1. The normalized spacial score (nSPS) is 20.4. The number of aliphatic carboxylic acids is 1. The van der Waals surface area contributed by atoms with Crippen molar-refractivity contribution >= 4 is 11.9 Å². The number of amides is 1. The molecule has 0 atom stereocenters. The van der Waals surface area contributed by atoms with E-state index in [4.69, 9.17) is 4.74 Å². The number of carbonyl (C=O) groups excluding carboxylic acids is 1. The van der Waals surface area contributed by atoms with Crippen LogP contribution in [0.15, 0.2) is 67.0 Å². The predicted octanol–water partition coefficient (Wildman–Crippen LogP) is 5.68. The van der Waals surface area contributed by atoms with Crippen LogP contribution in [0.4, 0.5) is 0 Å². The monoisotopic (exact) mass is 498 g/mol. The zero-order valence-corrected chi connectivity index (χ0v) is 21.1. The fourth-order valence-electron chi connectivity index (χ4n) is 5.92. The van der Waals surface area contributed by atoms with Crippen molar-refractivity contribution in [3.63, 3.8) is 0 Å². The molecule has 1 saturated carbocycles. The van der Waals surface area contributed by atoms with Gasteiger partial charge in [-0.2, -0.15) is 0 Å². The van der Waals surface area contributed by atoms with Gasteiger partial charge in [0.05, 0.1) is 12.5 Å². The van der Waals surface area contributed by atoms with Gasteiger partial charge in [0.15, 0.2) is 0 Å². The molecule has 37 heavy (non-hydrogen) atoms. The lowest BCUT2D eigenvalue weighted by Gasteiger charge is -2.37. The van der Waals surface area contributed by atoms with Crippen LogP contribution < -0.4 is 10.1 Å². The molecular weight excluding hydrogens is 464 g/mol. The average Bonchev–Trinajstić information content (AvgIpc) is 3.28. The lowest BCUT2D eigenvalue weighted by molar-refractivity contribution is -0.143. The first-order chi connectivity index (χ1) is 18.0. The zero-order valence-electron chi connectivity index (χ0n) is 21.1. The van der Waals surface area contributed by atoms with Crippen LogP contribution in [0.2, 0.25) is 0 Å². The first-order valence-corrected chi connectivity index (χ1v) is 13.3. The molecule has 2 aliphatic rings. The van der Waals surface area contributed by atoms with Gasteiger partial charge in [-0.3, -0.25) is 14.6 Å². The van der Waals surface area contributed by atoms with Crippen LogP contribution in [0.5, 0.6) is 5.75 Å². The maximum absolute atomic E-state index is 12.4. The second-order valence-corrected chi connectivity index (χ2v) is 10.4. The van der Waals surface area contributed by atoms with Crippen molar-refractivity contribution < 1.29 is 19.4 Å².